The Morgan fingerprint density at radius 1 is 1.05 bits per heavy atom. The zero-order chi connectivity index (χ0) is 15.8. The van der Waals surface area contributed by atoms with Crippen molar-refractivity contribution < 1.29 is 9.90 Å². The molecule has 1 aromatic rings. The minimum Gasteiger partial charge on any atom is -0.507 e. The largest absolute Gasteiger partial charge is 0.507 e. The maximum atomic E-state index is 12.9. The Balaban J connectivity index is 2.52. The van der Waals surface area contributed by atoms with Crippen LogP contribution in [0, 0.1) is 0 Å². The Kier molecular flexibility index (Phi) is 4.24. The number of phenols is 1. The number of benzene rings is 1. The minimum atomic E-state index is -1.56. The summed E-state index contributed by atoms with van der Waals surface area (Å²) in [6, 6.07) is 6.85. The predicted octanol–water partition coefficient (Wildman–Crippen LogP) is 4.88. The van der Waals surface area contributed by atoms with E-state index in [1.807, 2.05) is 0 Å². The van der Waals surface area contributed by atoms with Gasteiger partial charge in [0, 0.05) is 0 Å². The molecule has 21 heavy (non-hydrogen) atoms. The number of carbonyl (C=O) groups excluding carboxylic acids is 1. The highest BCUT2D eigenvalue weighted by Crippen LogP contribution is 2.37. The summed E-state index contributed by atoms with van der Waals surface area (Å²) in [6.45, 7) is 11.1. The van der Waals surface area contributed by atoms with Gasteiger partial charge in [-0.15, -0.1) is 0 Å². The van der Waals surface area contributed by atoms with Gasteiger partial charge in [0.2, 0.25) is 0 Å². The summed E-state index contributed by atoms with van der Waals surface area (Å²) in [5, 5.41) is 11.3. The number of Topliss-reactive ketones (excluding diaryl/α,β-unsaturated/α-hetero) is 1. The van der Waals surface area contributed by atoms with Crippen molar-refractivity contribution in [3.05, 3.63) is 51.7 Å². The van der Waals surface area contributed by atoms with Gasteiger partial charge in [0.25, 0.3) is 0 Å². The molecule has 0 saturated heterocycles. The van der Waals surface area contributed by atoms with E-state index in [-0.39, 0.29) is 11.5 Å². The molecule has 0 fully saturated rings. The van der Waals surface area contributed by atoms with Crippen molar-refractivity contribution in [1.29, 1.82) is 0 Å². The van der Waals surface area contributed by atoms with E-state index in [1.165, 1.54) is 16.3 Å². The number of ketones is 1. The number of aromatic hydroxyl groups is 1. The normalized spacial score (nSPS) is 16.4. The topological polar surface area (TPSA) is 37.3 Å². The third-order valence-corrected chi connectivity index (χ3v) is 6.59. The Hall–Kier alpha value is -1.61. The summed E-state index contributed by atoms with van der Waals surface area (Å²) in [5.41, 5.74) is 4.02. The molecule has 1 aliphatic rings. The molecule has 0 saturated carbocycles. The van der Waals surface area contributed by atoms with E-state index in [2.05, 4.69) is 33.5 Å². The van der Waals surface area contributed by atoms with Gasteiger partial charge >= 0.3 is 0 Å². The molecule has 112 valence electrons. The molecule has 0 atom stereocenters. The highest BCUT2D eigenvalue weighted by Gasteiger charge is 2.30. The van der Waals surface area contributed by atoms with Crippen molar-refractivity contribution in [2.75, 3.05) is 0 Å². The molecular weight excluding hydrogens is 276 g/mol. The summed E-state index contributed by atoms with van der Waals surface area (Å²) in [5.74, 6) is 0.0752. The average Bonchev–Trinajstić information content (AvgIpc) is 2.40. The van der Waals surface area contributed by atoms with Crippen LogP contribution >= 0.6 is 0 Å². The lowest BCUT2D eigenvalue weighted by Gasteiger charge is -2.30. The number of carbonyl (C=O) groups is 1. The Bertz CT molecular complexity index is 645. The number of hydrogen-bond acceptors (Lipinski definition) is 2. The molecule has 1 N–H and O–H groups in total. The van der Waals surface area contributed by atoms with Crippen LogP contribution in [0.2, 0.25) is 19.6 Å². The summed E-state index contributed by atoms with van der Waals surface area (Å²) < 4.78 is 0. The first kappa shape index (κ1) is 15.8. The van der Waals surface area contributed by atoms with Crippen LogP contribution < -0.4 is 0 Å². The van der Waals surface area contributed by atoms with Gasteiger partial charge < -0.3 is 5.11 Å². The van der Waals surface area contributed by atoms with Crippen LogP contribution in [0.4, 0.5) is 0 Å². The van der Waals surface area contributed by atoms with Gasteiger partial charge in [0.05, 0.1) is 13.6 Å². The van der Waals surface area contributed by atoms with E-state index in [4.69, 9.17) is 0 Å². The first-order valence-electron chi connectivity index (χ1n) is 7.42. The predicted molar refractivity (Wildman–Crippen MR) is 90.4 cm³/mol. The minimum absolute atomic E-state index is 0.00243. The van der Waals surface area contributed by atoms with Gasteiger partial charge in [-0.3, -0.25) is 4.79 Å². The van der Waals surface area contributed by atoms with Crippen molar-refractivity contribution >= 4 is 13.9 Å². The number of rotatable bonds is 3. The van der Waals surface area contributed by atoms with Crippen LogP contribution in [-0.4, -0.2) is 19.0 Å². The summed E-state index contributed by atoms with van der Waals surface area (Å²) in [6.07, 6.45) is 1.63. The monoisotopic (exact) mass is 300 g/mol. The highest BCUT2D eigenvalue weighted by molar-refractivity contribution is 6.83. The van der Waals surface area contributed by atoms with Crippen LogP contribution in [0.5, 0.6) is 5.75 Å². The second kappa shape index (κ2) is 5.64. The second-order valence-electron chi connectivity index (χ2n) is 6.97. The van der Waals surface area contributed by atoms with Crippen LogP contribution in [0.15, 0.2) is 46.2 Å². The molecular formula is C18H24O2Si. The van der Waals surface area contributed by atoms with Gasteiger partial charge in [0.15, 0.2) is 5.78 Å². The maximum Gasteiger partial charge on any atom is 0.192 e. The SMILES string of the molecule is CC1=C(C)CC([Si](C)(C)C)=C(C(=O)c2ccccc2O)C1. The molecule has 0 amide bonds. The first-order chi connectivity index (χ1) is 9.71. The summed E-state index contributed by atoms with van der Waals surface area (Å²) in [4.78, 5) is 12.9. The molecule has 2 rings (SSSR count). The number of phenolic OH excluding ortho intramolecular Hbond substituents is 1. The molecule has 0 aliphatic heterocycles. The van der Waals surface area contributed by atoms with Crippen LogP contribution in [0.3, 0.4) is 0 Å². The molecule has 0 bridgehead atoms. The van der Waals surface area contributed by atoms with Crippen molar-refractivity contribution in [1.82, 2.24) is 0 Å². The summed E-state index contributed by atoms with van der Waals surface area (Å²) in [7, 11) is -1.56. The number of allylic oxidation sites excluding steroid dienone is 4. The molecule has 0 spiro atoms. The first-order valence-corrected chi connectivity index (χ1v) is 10.9. The average molecular weight is 300 g/mol. The van der Waals surface area contributed by atoms with Crippen molar-refractivity contribution in [2.45, 2.75) is 46.3 Å². The number of hydrogen-bond donors (Lipinski definition) is 1. The van der Waals surface area contributed by atoms with Crippen molar-refractivity contribution in [2.24, 2.45) is 0 Å². The fourth-order valence-electron chi connectivity index (χ4n) is 2.81. The Morgan fingerprint density at radius 2 is 1.62 bits per heavy atom. The zero-order valence-corrected chi connectivity index (χ0v) is 14.6. The van der Waals surface area contributed by atoms with Crippen molar-refractivity contribution in [3.8, 4) is 5.75 Å². The molecule has 0 unspecified atom stereocenters. The lowest BCUT2D eigenvalue weighted by atomic mass is 9.88. The van der Waals surface area contributed by atoms with Gasteiger partial charge in [-0.25, -0.2) is 0 Å². The fraction of sp³-hybridized carbons (Fsp3) is 0.389. The Labute approximate surface area is 128 Å². The lowest BCUT2D eigenvalue weighted by Crippen LogP contribution is -2.29. The molecule has 1 aliphatic carbocycles. The van der Waals surface area contributed by atoms with Gasteiger partial charge in [0.1, 0.15) is 5.75 Å². The molecule has 3 heteroatoms. The van der Waals surface area contributed by atoms with E-state index in [0.717, 1.165) is 18.4 Å². The van der Waals surface area contributed by atoms with E-state index in [0.29, 0.717) is 5.56 Å². The standard InChI is InChI=1S/C18H24O2Si/c1-12-10-15(17(11-13(12)2)21(3,4)5)18(20)14-8-6-7-9-16(14)19/h6-9,19H,10-11H2,1-5H3. The second-order valence-corrected chi connectivity index (χ2v) is 12.1. The molecule has 1 aromatic carbocycles. The Morgan fingerprint density at radius 3 is 2.19 bits per heavy atom. The van der Waals surface area contributed by atoms with Crippen LogP contribution in [0.25, 0.3) is 0 Å². The number of para-hydroxylation sites is 1. The van der Waals surface area contributed by atoms with E-state index in [1.54, 1.807) is 24.3 Å². The van der Waals surface area contributed by atoms with E-state index >= 15 is 0 Å². The summed E-state index contributed by atoms with van der Waals surface area (Å²) >= 11 is 0. The maximum absolute atomic E-state index is 12.9. The molecule has 0 heterocycles. The molecule has 2 nitrogen and oxygen atoms in total. The highest BCUT2D eigenvalue weighted by atomic mass is 28.3. The van der Waals surface area contributed by atoms with E-state index < -0.39 is 8.07 Å². The van der Waals surface area contributed by atoms with Gasteiger partial charge in [-0.1, -0.05) is 48.1 Å². The molecule has 0 aromatic heterocycles. The van der Waals surface area contributed by atoms with Crippen molar-refractivity contribution in [3.63, 3.8) is 0 Å². The third kappa shape index (κ3) is 3.18. The fourth-order valence-corrected chi connectivity index (χ4v) is 4.71. The van der Waals surface area contributed by atoms with Crippen LogP contribution in [-0.2, 0) is 0 Å². The quantitative estimate of drug-likeness (QED) is 0.491. The molecule has 0 radical (unpaired) electrons. The van der Waals surface area contributed by atoms with Gasteiger partial charge in [-0.05, 0) is 44.4 Å². The van der Waals surface area contributed by atoms with Crippen LogP contribution in [0.1, 0.15) is 37.0 Å². The van der Waals surface area contributed by atoms with Gasteiger partial charge in [-0.2, -0.15) is 0 Å². The zero-order valence-electron chi connectivity index (χ0n) is 13.6. The van der Waals surface area contributed by atoms with E-state index in [9.17, 15) is 9.90 Å². The third-order valence-electron chi connectivity index (χ3n) is 4.30. The lowest BCUT2D eigenvalue weighted by molar-refractivity contribution is 0.102. The smallest absolute Gasteiger partial charge is 0.192 e.